The highest BCUT2D eigenvalue weighted by molar-refractivity contribution is 7.89. The summed E-state index contributed by atoms with van der Waals surface area (Å²) in [7, 11) is -0.449. The van der Waals surface area contributed by atoms with Gasteiger partial charge in [0.2, 0.25) is 15.9 Å². The van der Waals surface area contributed by atoms with Gasteiger partial charge in [-0.15, -0.1) is 0 Å². The first kappa shape index (κ1) is 20.8. The second kappa shape index (κ2) is 9.05. The molecule has 0 radical (unpaired) electrons. The van der Waals surface area contributed by atoms with Gasteiger partial charge in [-0.1, -0.05) is 25.7 Å². The zero-order valence-electron chi connectivity index (χ0n) is 16.7. The Hall–Kier alpha value is -1.93. The fourth-order valence-corrected chi connectivity index (χ4v) is 4.65. The van der Waals surface area contributed by atoms with E-state index >= 15 is 0 Å². The van der Waals surface area contributed by atoms with Gasteiger partial charge in [0, 0.05) is 33.1 Å². The average Bonchev–Trinajstić information content (AvgIpc) is 2.88. The second-order valence-electron chi connectivity index (χ2n) is 7.74. The number of carbonyl (C=O) groups excluding carboxylic acids is 1. The Morgan fingerprint density at radius 1 is 1.21 bits per heavy atom. The SMILES string of the molecule is CN(C)S(=O)(=O)c1ccc2c(c1)ncn2CCCC(=O)NC1CCCCCC1. The van der Waals surface area contributed by atoms with Crippen LogP contribution in [0, 0.1) is 0 Å². The smallest absolute Gasteiger partial charge is 0.242 e. The summed E-state index contributed by atoms with van der Waals surface area (Å²) >= 11 is 0. The summed E-state index contributed by atoms with van der Waals surface area (Å²) in [5.41, 5.74) is 1.52. The van der Waals surface area contributed by atoms with Crippen molar-refractivity contribution in [3.8, 4) is 0 Å². The number of hydrogen-bond donors (Lipinski definition) is 1. The van der Waals surface area contributed by atoms with Gasteiger partial charge in [-0.25, -0.2) is 17.7 Å². The zero-order chi connectivity index (χ0) is 20.1. The molecule has 0 bridgehead atoms. The number of hydrogen-bond acceptors (Lipinski definition) is 4. The fraction of sp³-hybridized carbons (Fsp3) is 0.600. The van der Waals surface area contributed by atoms with Crippen molar-refractivity contribution >= 4 is 27.0 Å². The number of nitrogens with one attached hydrogen (secondary N) is 1. The number of carbonyl (C=O) groups is 1. The van der Waals surface area contributed by atoms with Crippen molar-refractivity contribution in [3.63, 3.8) is 0 Å². The van der Waals surface area contributed by atoms with E-state index in [1.807, 2.05) is 4.57 Å². The highest BCUT2D eigenvalue weighted by Gasteiger charge is 2.18. The standard InChI is InChI=1S/C20H30N4O3S/c1-23(2)28(26,27)17-11-12-19-18(14-17)21-15-24(19)13-7-10-20(25)22-16-8-5-3-4-6-9-16/h11-12,14-16H,3-10,13H2,1-2H3,(H,22,25). The molecule has 28 heavy (non-hydrogen) atoms. The number of sulfonamides is 1. The van der Waals surface area contributed by atoms with Gasteiger partial charge in [0.15, 0.2) is 0 Å². The largest absolute Gasteiger partial charge is 0.353 e. The van der Waals surface area contributed by atoms with Crippen LogP contribution >= 0.6 is 0 Å². The van der Waals surface area contributed by atoms with E-state index in [1.54, 1.807) is 24.5 Å². The Balaban J connectivity index is 1.57. The van der Waals surface area contributed by atoms with Gasteiger partial charge in [0.1, 0.15) is 0 Å². The Labute approximate surface area is 167 Å². The first-order chi connectivity index (χ1) is 13.4. The summed E-state index contributed by atoms with van der Waals surface area (Å²) in [4.78, 5) is 16.8. The van der Waals surface area contributed by atoms with Crippen LogP contribution in [-0.2, 0) is 21.4 Å². The minimum atomic E-state index is -3.47. The third kappa shape index (κ3) is 4.91. The number of benzene rings is 1. The number of rotatable bonds is 7. The molecule has 154 valence electrons. The maximum atomic E-state index is 12.3. The summed E-state index contributed by atoms with van der Waals surface area (Å²) in [6.07, 6.45) is 10.1. The van der Waals surface area contributed by atoms with Gasteiger partial charge >= 0.3 is 0 Å². The van der Waals surface area contributed by atoms with Crippen LogP contribution in [0.5, 0.6) is 0 Å². The van der Waals surface area contributed by atoms with Crippen LogP contribution in [0.25, 0.3) is 11.0 Å². The minimum absolute atomic E-state index is 0.121. The third-order valence-electron chi connectivity index (χ3n) is 5.39. The molecule has 1 aliphatic rings. The number of imidazole rings is 1. The van der Waals surface area contributed by atoms with Crippen molar-refractivity contribution in [2.24, 2.45) is 0 Å². The number of aromatic nitrogens is 2. The van der Waals surface area contributed by atoms with Gasteiger partial charge in [-0.3, -0.25) is 4.79 Å². The molecule has 1 heterocycles. The van der Waals surface area contributed by atoms with E-state index in [-0.39, 0.29) is 10.8 Å². The molecule has 0 saturated heterocycles. The molecule has 1 aliphatic carbocycles. The van der Waals surface area contributed by atoms with E-state index in [9.17, 15) is 13.2 Å². The summed E-state index contributed by atoms with van der Waals surface area (Å²) in [5.74, 6) is 0.121. The minimum Gasteiger partial charge on any atom is -0.353 e. The van der Waals surface area contributed by atoms with Crippen LogP contribution in [0.3, 0.4) is 0 Å². The van der Waals surface area contributed by atoms with Crippen LogP contribution in [0.1, 0.15) is 51.4 Å². The molecule has 1 aromatic heterocycles. The lowest BCUT2D eigenvalue weighted by molar-refractivity contribution is -0.122. The highest BCUT2D eigenvalue weighted by Crippen LogP contribution is 2.21. The molecular weight excluding hydrogens is 376 g/mol. The van der Waals surface area contributed by atoms with Crippen LogP contribution < -0.4 is 5.32 Å². The topological polar surface area (TPSA) is 84.3 Å². The molecule has 3 rings (SSSR count). The molecule has 8 heteroatoms. The van der Waals surface area contributed by atoms with Crippen molar-refractivity contribution in [3.05, 3.63) is 24.5 Å². The lowest BCUT2D eigenvalue weighted by Crippen LogP contribution is -2.34. The van der Waals surface area contributed by atoms with Gasteiger partial charge in [0.05, 0.1) is 22.3 Å². The number of aryl methyl sites for hydroxylation is 1. The van der Waals surface area contributed by atoms with Crippen molar-refractivity contribution in [1.82, 2.24) is 19.2 Å². The first-order valence-electron chi connectivity index (χ1n) is 10.0. The van der Waals surface area contributed by atoms with Crippen molar-refractivity contribution < 1.29 is 13.2 Å². The normalized spacial score (nSPS) is 16.4. The average molecular weight is 407 g/mol. The molecule has 1 fully saturated rings. The van der Waals surface area contributed by atoms with Gasteiger partial charge in [0.25, 0.3) is 0 Å². The predicted octanol–water partition coefficient (Wildman–Crippen LogP) is 2.91. The maximum Gasteiger partial charge on any atom is 0.242 e. The molecule has 0 spiro atoms. The van der Waals surface area contributed by atoms with Gasteiger partial charge < -0.3 is 9.88 Å². The molecule has 2 aromatic rings. The van der Waals surface area contributed by atoms with Crippen LogP contribution in [0.2, 0.25) is 0 Å². The molecule has 1 N–H and O–H groups in total. The van der Waals surface area contributed by atoms with E-state index < -0.39 is 10.0 Å². The van der Waals surface area contributed by atoms with Gasteiger partial charge in [-0.2, -0.15) is 0 Å². The monoisotopic (exact) mass is 406 g/mol. The third-order valence-corrected chi connectivity index (χ3v) is 7.21. The van der Waals surface area contributed by atoms with Crippen molar-refractivity contribution in [1.29, 1.82) is 0 Å². The molecule has 0 aliphatic heterocycles. The van der Waals surface area contributed by atoms with Gasteiger partial charge in [-0.05, 0) is 37.5 Å². The van der Waals surface area contributed by atoms with Crippen LogP contribution in [0.15, 0.2) is 29.4 Å². The highest BCUT2D eigenvalue weighted by atomic mass is 32.2. The lowest BCUT2D eigenvalue weighted by atomic mass is 10.1. The molecule has 7 nitrogen and oxygen atoms in total. The number of nitrogens with zero attached hydrogens (tertiary/aromatic N) is 3. The molecule has 1 amide bonds. The molecule has 0 unspecified atom stereocenters. The van der Waals surface area contributed by atoms with E-state index in [0.29, 0.717) is 24.5 Å². The quantitative estimate of drug-likeness (QED) is 0.717. The first-order valence-corrected chi connectivity index (χ1v) is 11.5. The second-order valence-corrected chi connectivity index (χ2v) is 9.89. The van der Waals surface area contributed by atoms with Crippen LogP contribution in [0.4, 0.5) is 0 Å². The molecule has 0 atom stereocenters. The van der Waals surface area contributed by atoms with Crippen molar-refractivity contribution in [2.45, 2.75) is 68.8 Å². The Bertz CT molecular complexity index is 913. The predicted molar refractivity (Wildman–Crippen MR) is 109 cm³/mol. The van der Waals surface area contributed by atoms with E-state index in [1.165, 1.54) is 44.1 Å². The Kier molecular flexibility index (Phi) is 6.72. The van der Waals surface area contributed by atoms with E-state index in [2.05, 4.69) is 10.3 Å². The van der Waals surface area contributed by atoms with Crippen molar-refractivity contribution in [2.75, 3.05) is 14.1 Å². The summed E-state index contributed by atoms with van der Waals surface area (Å²) in [6, 6.07) is 5.32. The number of fused-ring (bicyclic) bond motifs is 1. The Morgan fingerprint density at radius 3 is 2.61 bits per heavy atom. The summed E-state index contributed by atoms with van der Waals surface area (Å²) in [5, 5.41) is 3.18. The molecule has 1 saturated carbocycles. The summed E-state index contributed by atoms with van der Waals surface area (Å²) in [6.45, 7) is 0.675. The Morgan fingerprint density at radius 2 is 1.93 bits per heavy atom. The number of amides is 1. The van der Waals surface area contributed by atoms with E-state index in [4.69, 9.17) is 0 Å². The van der Waals surface area contributed by atoms with E-state index in [0.717, 1.165) is 24.8 Å². The van der Waals surface area contributed by atoms with Crippen LogP contribution in [-0.4, -0.2) is 48.3 Å². The maximum absolute atomic E-state index is 12.3. The lowest BCUT2D eigenvalue weighted by Gasteiger charge is -2.16. The molecular formula is C20H30N4O3S. The zero-order valence-corrected chi connectivity index (χ0v) is 17.5. The summed E-state index contributed by atoms with van der Waals surface area (Å²) < 4.78 is 27.7. The fourth-order valence-electron chi connectivity index (χ4n) is 3.73. The molecule has 1 aromatic carbocycles.